The van der Waals surface area contributed by atoms with E-state index < -0.39 is 0 Å². The number of halogens is 1. The average Bonchev–Trinajstić information content (AvgIpc) is 3.49. The van der Waals surface area contributed by atoms with Crippen LogP contribution >= 0.6 is 22.9 Å². The van der Waals surface area contributed by atoms with Crippen molar-refractivity contribution in [3.8, 4) is 10.4 Å². The minimum atomic E-state index is -0.387. The largest absolute Gasteiger partial charge is 0.467 e. The van der Waals surface area contributed by atoms with Crippen molar-refractivity contribution in [2.75, 3.05) is 32.7 Å². The molecule has 32 heavy (non-hydrogen) atoms. The van der Waals surface area contributed by atoms with Crippen LogP contribution < -0.4 is 10.6 Å². The number of urea groups is 1. The van der Waals surface area contributed by atoms with Gasteiger partial charge in [0.2, 0.25) is 5.91 Å². The molecule has 0 bridgehead atoms. The van der Waals surface area contributed by atoms with Crippen molar-refractivity contribution in [2.24, 2.45) is 0 Å². The lowest BCUT2D eigenvalue weighted by molar-refractivity contribution is -0.131. The highest BCUT2D eigenvalue weighted by atomic mass is 35.5. The van der Waals surface area contributed by atoms with Crippen molar-refractivity contribution in [3.05, 3.63) is 70.5 Å². The molecule has 9 heteroatoms. The van der Waals surface area contributed by atoms with Gasteiger partial charge in [0.25, 0.3) is 0 Å². The SMILES string of the molecule is O=C(NCC(=O)N1CCN(Cc2ccc(-c3cccc(Cl)c3)s2)CC1)NCc1ccco1. The summed E-state index contributed by atoms with van der Waals surface area (Å²) in [5.41, 5.74) is 1.13. The maximum Gasteiger partial charge on any atom is 0.315 e. The maximum atomic E-state index is 12.4. The van der Waals surface area contributed by atoms with E-state index in [1.165, 1.54) is 9.75 Å². The predicted molar refractivity (Wildman–Crippen MR) is 126 cm³/mol. The van der Waals surface area contributed by atoms with Gasteiger partial charge in [-0.2, -0.15) is 0 Å². The third kappa shape index (κ3) is 6.12. The van der Waals surface area contributed by atoms with Gasteiger partial charge >= 0.3 is 6.03 Å². The van der Waals surface area contributed by atoms with Gasteiger partial charge in [-0.1, -0.05) is 23.7 Å². The fourth-order valence-electron chi connectivity index (χ4n) is 3.55. The molecule has 2 aromatic heterocycles. The van der Waals surface area contributed by atoms with E-state index in [-0.39, 0.29) is 25.0 Å². The molecule has 0 saturated carbocycles. The summed E-state index contributed by atoms with van der Waals surface area (Å²) < 4.78 is 5.16. The Hall–Kier alpha value is -2.81. The Labute approximate surface area is 196 Å². The van der Waals surface area contributed by atoms with E-state index in [4.69, 9.17) is 16.0 Å². The predicted octanol–water partition coefficient (Wildman–Crippen LogP) is 3.81. The third-order valence-electron chi connectivity index (χ3n) is 5.28. The van der Waals surface area contributed by atoms with Gasteiger partial charge in [0.05, 0.1) is 19.4 Å². The number of nitrogens with one attached hydrogen (secondary N) is 2. The lowest BCUT2D eigenvalue weighted by Gasteiger charge is -2.34. The number of hydrogen-bond acceptors (Lipinski definition) is 5. The van der Waals surface area contributed by atoms with E-state index in [9.17, 15) is 9.59 Å². The molecular weight excluding hydrogens is 448 g/mol. The molecule has 3 heterocycles. The summed E-state index contributed by atoms with van der Waals surface area (Å²) in [4.78, 5) is 30.9. The Morgan fingerprint density at radius 2 is 1.88 bits per heavy atom. The number of amides is 3. The van der Waals surface area contributed by atoms with Gasteiger partial charge in [0.1, 0.15) is 5.76 Å². The highest BCUT2D eigenvalue weighted by molar-refractivity contribution is 7.15. The van der Waals surface area contributed by atoms with Gasteiger partial charge in [-0.25, -0.2) is 4.79 Å². The Morgan fingerprint density at radius 3 is 2.62 bits per heavy atom. The summed E-state index contributed by atoms with van der Waals surface area (Å²) in [6.45, 7) is 4.05. The number of hydrogen-bond donors (Lipinski definition) is 2. The molecule has 2 N–H and O–H groups in total. The van der Waals surface area contributed by atoms with Crippen molar-refractivity contribution in [1.29, 1.82) is 0 Å². The lowest BCUT2D eigenvalue weighted by Crippen LogP contribution is -2.51. The van der Waals surface area contributed by atoms with Crippen molar-refractivity contribution in [2.45, 2.75) is 13.1 Å². The average molecular weight is 473 g/mol. The molecule has 4 rings (SSSR count). The minimum Gasteiger partial charge on any atom is -0.467 e. The summed E-state index contributed by atoms with van der Waals surface area (Å²) >= 11 is 7.87. The molecule has 1 aromatic carbocycles. The van der Waals surface area contributed by atoms with Gasteiger partial charge in [-0.3, -0.25) is 9.69 Å². The molecule has 3 amide bonds. The van der Waals surface area contributed by atoms with Crippen LogP contribution in [0.5, 0.6) is 0 Å². The van der Waals surface area contributed by atoms with Crippen LogP contribution in [0, 0.1) is 0 Å². The monoisotopic (exact) mass is 472 g/mol. The molecule has 7 nitrogen and oxygen atoms in total. The zero-order valence-electron chi connectivity index (χ0n) is 17.6. The number of carbonyl (C=O) groups is 2. The number of piperazine rings is 1. The first kappa shape index (κ1) is 22.4. The van der Waals surface area contributed by atoms with Gasteiger partial charge in [0.15, 0.2) is 0 Å². The van der Waals surface area contributed by atoms with E-state index >= 15 is 0 Å². The summed E-state index contributed by atoms with van der Waals surface area (Å²) in [6.07, 6.45) is 1.55. The summed E-state index contributed by atoms with van der Waals surface area (Å²) in [6, 6.07) is 15.3. The zero-order valence-corrected chi connectivity index (χ0v) is 19.1. The number of benzene rings is 1. The molecular formula is C23H25ClN4O3S. The topological polar surface area (TPSA) is 77.8 Å². The second-order valence-electron chi connectivity index (χ2n) is 7.55. The van der Waals surface area contributed by atoms with Crippen LogP contribution in [0.2, 0.25) is 5.02 Å². The summed E-state index contributed by atoms with van der Waals surface area (Å²) in [5.74, 6) is 0.588. The molecule has 1 fully saturated rings. The third-order valence-corrected chi connectivity index (χ3v) is 6.63. The lowest BCUT2D eigenvalue weighted by atomic mass is 10.2. The molecule has 3 aromatic rings. The van der Waals surface area contributed by atoms with Crippen LogP contribution in [0.1, 0.15) is 10.6 Å². The first-order chi connectivity index (χ1) is 15.6. The van der Waals surface area contributed by atoms with Crippen molar-refractivity contribution in [1.82, 2.24) is 20.4 Å². The number of thiophene rings is 1. The Morgan fingerprint density at radius 1 is 1.03 bits per heavy atom. The minimum absolute atomic E-state index is 0.0160. The molecule has 168 valence electrons. The fraction of sp³-hybridized carbons (Fsp3) is 0.304. The first-order valence-corrected chi connectivity index (χ1v) is 11.6. The number of rotatable bonds is 7. The molecule has 0 atom stereocenters. The van der Waals surface area contributed by atoms with Crippen LogP contribution in [0.4, 0.5) is 4.79 Å². The van der Waals surface area contributed by atoms with Crippen molar-refractivity contribution < 1.29 is 14.0 Å². The van der Waals surface area contributed by atoms with E-state index in [2.05, 4.69) is 33.7 Å². The fourth-order valence-corrected chi connectivity index (χ4v) is 4.78. The van der Waals surface area contributed by atoms with Crippen LogP contribution in [-0.4, -0.2) is 54.5 Å². The van der Waals surface area contributed by atoms with Crippen LogP contribution in [0.25, 0.3) is 10.4 Å². The van der Waals surface area contributed by atoms with E-state index in [1.807, 2.05) is 18.2 Å². The first-order valence-electron chi connectivity index (χ1n) is 10.5. The van der Waals surface area contributed by atoms with Crippen LogP contribution in [0.3, 0.4) is 0 Å². The van der Waals surface area contributed by atoms with E-state index in [1.54, 1.807) is 34.6 Å². The van der Waals surface area contributed by atoms with Gasteiger partial charge in [-0.15, -0.1) is 11.3 Å². The number of furan rings is 1. The quantitative estimate of drug-likeness (QED) is 0.548. The molecule has 1 aliphatic rings. The molecule has 0 unspecified atom stereocenters. The smallest absolute Gasteiger partial charge is 0.315 e. The van der Waals surface area contributed by atoms with Crippen LogP contribution in [-0.2, 0) is 17.9 Å². The van der Waals surface area contributed by atoms with Gasteiger partial charge < -0.3 is 20.0 Å². The van der Waals surface area contributed by atoms with Crippen molar-refractivity contribution in [3.63, 3.8) is 0 Å². The molecule has 1 saturated heterocycles. The second-order valence-corrected chi connectivity index (χ2v) is 9.15. The van der Waals surface area contributed by atoms with Gasteiger partial charge in [0, 0.05) is 47.5 Å². The van der Waals surface area contributed by atoms with Gasteiger partial charge in [-0.05, 0) is 42.0 Å². The van der Waals surface area contributed by atoms with E-state index in [0.29, 0.717) is 18.8 Å². The van der Waals surface area contributed by atoms with Crippen LogP contribution in [0.15, 0.2) is 59.2 Å². The normalized spacial score (nSPS) is 14.3. The highest BCUT2D eigenvalue weighted by Gasteiger charge is 2.21. The molecule has 0 radical (unpaired) electrons. The Kier molecular flexibility index (Phi) is 7.47. The number of carbonyl (C=O) groups excluding carboxylic acids is 2. The highest BCUT2D eigenvalue weighted by Crippen LogP contribution is 2.30. The Balaban J connectivity index is 1.18. The summed E-state index contributed by atoms with van der Waals surface area (Å²) in [7, 11) is 0. The number of nitrogens with zero attached hydrogens (tertiary/aromatic N) is 2. The maximum absolute atomic E-state index is 12.4. The van der Waals surface area contributed by atoms with E-state index in [0.717, 1.165) is 30.2 Å². The van der Waals surface area contributed by atoms with Crippen molar-refractivity contribution >= 4 is 34.9 Å². The molecule has 0 spiro atoms. The zero-order chi connectivity index (χ0) is 22.3. The molecule has 1 aliphatic heterocycles. The Bertz CT molecular complexity index is 1050. The summed E-state index contributed by atoms with van der Waals surface area (Å²) in [5, 5.41) is 6.02. The second kappa shape index (κ2) is 10.7. The molecule has 0 aliphatic carbocycles. The standard InChI is InChI=1S/C23H25ClN4O3S/c24-18-4-1-3-17(13-18)21-7-6-20(32-21)16-27-8-10-28(11-9-27)22(29)15-26-23(30)25-14-19-5-2-12-31-19/h1-7,12-13H,8-11,14-16H2,(H2,25,26,30).